The Morgan fingerprint density at radius 1 is 1.13 bits per heavy atom. The fourth-order valence-corrected chi connectivity index (χ4v) is 2.09. The molecule has 0 saturated heterocycles. The van der Waals surface area contributed by atoms with Crippen molar-refractivity contribution in [3.8, 4) is 11.5 Å². The maximum Gasteiger partial charge on any atom is 0.296 e. The Kier molecular flexibility index (Phi) is 7.87. The van der Waals surface area contributed by atoms with Crippen molar-refractivity contribution in [1.29, 1.82) is 0 Å². The number of unbranched alkanes of at least 4 members (excludes halogenated alkanes) is 2. The standard InChI is InChI=1S/C16H24N2O5/c1-4-7-8-9-16(19)17-12-10-14(22-5-2)15(23-6-3)11-13(12)18(20)21/h10-11H,4-9H2,1-3H3,(H,17,19). The monoisotopic (exact) mass is 324 g/mol. The van der Waals surface area contributed by atoms with Crippen LogP contribution in [0.25, 0.3) is 0 Å². The summed E-state index contributed by atoms with van der Waals surface area (Å²) in [5.41, 5.74) is -0.0795. The highest BCUT2D eigenvalue weighted by Crippen LogP contribution is 2.38. The lowest BCUT2D eigenvalue weighted by atomic mass is 10.2. The van der Waals surface area contributed by atoms with Crippen molar-refractivity contribution in [3.05, 3.63) is 22.2 Å². The molecule has 0 aliphatic rings. The molecule has 1 N–H and O–H groups in total. The lowest BCUT2D eigenvalue weighted by molar-refractivity contribution is -0.384. The molecule has 0 saturated carbocycles. The summed E-state index contributed by atoms with van der Waals surface area (Å²) in [6.45, 7) is 6.39. The van der Waals surface area contributed by atoms with Gasteiger partial charge in [-0.25, -0.2) is 0 Å². The van der Waals surface area contributed by atoms with Crippen molar-refractivity contribution in [2.75, 3.05) is 18.5 Å². The minimum Gasteiger partial charge on any atom is -0.490 e. The molecular weight excluding hydrogens is 300 g/mol. The Bertz CT molecular complexity index is 546. The molecule has 0 radical (unpaired) electrons. The zero-order valence-electron chi connectivity index (χ0n) is 13.9. The molecule has 0 aliphatic carbocycles. The number of nitro groups is 1. The Labute approximate surface area is 136 Å². The van der Waals surface area contributed by atoms with Gasteiger partial charge in [-0.05, 0) is 20.3 Å². The molecule has 0 aromatic heterocycles. The molecule has 1 amide bonds. The number of benzene rings is 1. The topological polar surface area (TPSA) is 90.7 Å². The van der Waals surface area contributed by atoms with Gasteiger partial charge in [0.25, 0.3) is 5.69 Å². The Hall–Kier alpha value is -2.31. The lowest BCUT2D eigenvalue weighted by Crippen LogP contribution is -2.13. The predicted octanol–water partition coefficient (Wildman–Crippen LogP) is 3.91. The van der Waals surface area contributed by atoms with Gasteiger partial charge >= 0.3 is 0 Å². The van der Waals surface area contributed by atoms with Crippen LogP contribution in [0.15, 0.2) is 12.1 Å². The van der Waals surface area contributed by atoms with E-state index in [1.165, 1.54) is 12.1 Å². The molecule has 23 heavy (non-hydrogen) atoms. The molecule has 0 heterocycles. The van der Waals surface area contributed by atoms with E-state index < -0.39 is 4.92 Å². The van der Waals surface area contributed by atoms with Crippen molar-refractivity contribution < 1.29 is 19.2 Å². The maximum atomic E-state index is 11.9. The molecule has 0 aliphatic heterocycles. The summed E-state index contributed by atoms with van der Waals surface area (Å²) in [4.78, 5) is 22.6. The summed E-state index contributed by atoms with van der Waals surface area (Å²) in [5.74, 6) is 0.432. The summed E-state index contributed by atoms with van der Waals surface area (Å²) < 4.78 is 10.8. The molecule has 0 atom stereocenters. The van der Waals surface area contributed by atoms with E-state index in [-0.39, 0.29) is 17.3 Å². The molecule has 0 unspecified atom stereocenters. The molecule has 0 bridgehead atoms. The average molecular weight is 324 g/mol. The van der Waals surface area contributed by atoms with Crippen molar-refractivity contribution >= 4 is 17.3 Å². The largest absolute Gasteiger partial charge is 0.490 e. The molecule has 0 spiro atoms. The third kappa shape index (κ3) is 5.77. The smallest absolute Gasteiger partial charge is 0.296 e. The van der Waals surface area contributed by atoms with Gasteiger partial charge in [0, 0.05) is 12.5 Å². The number of carbonyl (C=O) groups excluding carboxylic acids is 1. The molecule has 1 aromatic carbocycles. The van der Waals surface area contributed by atoms with E-state index in [0.717, 1.165) is 19.3 Å². The zero-order valence-corrected chi connectivity index (χ0v) is 13.9. The summed E-state index contributed by atoms with van der Waals surface area (Å²) in [5, 5.41) is 13.8. The van der Waals surface area contributed by atoms with Gasteiger partial charge in [0.15, 0.2) is 11.5 Å². The summed E-state index contributed by atoms with van der Waals surface area (Å²) in [7, 11) is 0. The van der Waals surface area contributed by atoms with Crippen LogP contribution in [0, 0.1) is 10.1 Å². The van der Waals surface area contributed by atoms with Crippen molar-refractivity contribution in [2.45, 2.75) is 46.5 Å². The number of ether oxygens (including phenoxy) is 2. The van der Waals surface area contributed by atoms with Crippen LogP contribution in [0.3, 0.4) is 0 Å². The second kappa shape index (κ2) is 9.66. The molecule has 0 fully saturated rings. The second-order valence-corrected chi connectivity index (χ2v) is 4.94. The predicted molar refractivity (Wildman–Crippen MR) is 88.2 cm³/mol. The minimum atomic E-state index is -0.542. The van der Waals surface area contributed by atoms with Gasteiger partial charge in [-0.3, -0.25) is 14.9 Å². The molecule has 1 aromatic rings. The van der Waals surface area contributed by atoms with E-state index in [9.17, 15) is 14.9 Å². The van der Waals surface area contributed by atoms with Gasteiger partial charge in [-0.2, -0.15) is 0 Å². The quantitative estimate of drug-likeness (QED) is 0.400. The number of anilines is 1. The zero-order chi connectivity index (χ0) is 17.2. The number of nitrogens with one attached hydrogen (secondary N) is 1. The van der Waals surface area contributed by atoms with E-state index in [1.54, 1.807) is 13.8 Å². The Balaban J connectivity index is 3.05. The van der Waals surface area contributed by atoms with Crippen LogP contribution in [0.5, 0.6) is 11.5 Å². The molecular formula is C16H24N2O5. The highest BCUT2D eigenvalue weighted by molar-refractivity contribution is 5.93. The van der Waals surface area contributed by atoms with E-state index in [1.807, 2.05) is 6.92 Å². The normalized spacial score (nSPS) is 10.2. The Morgan fingerprint density at radius 2 is 1.74 bits per heavy atom. The highest BCUT2D eigenvalue weighted by Gasteiger charge is 2.21. The summed E-state index contributed by atoms with van der Waals surface area (Å²) >= 11 is 0. The number of rotatable bonds is 10. The highest BCUT2D eigenvalue weighted by atomic mass is 16.6. The number of amides is 1. The molecule has 128 valence electrons. The van der Waals surface area contributed by atoms with E-state index >= 15 is 0 Å². The number of hydrogen-bond donors (Lipinski definition) is 1. The van der Waals surface area contributed by atoms with E-state index in [2.05, 4.69) is 5.32 Å². The first-order valence-electron chi connectivity index (χ1n) is 7.91. The first kappa shape index (κ1) is 18.7. The van der Waals surface area contributed by atoms with Crippen LogP contribution in [-0.4, -0.2) is 24.0 Å². The van der Waals surface area contributed by atoms with Gasteiger partial charge in [0.2, 0.25) is 5.91 Å². The lowest BCUT2D eigenvalue weighted by Gasteiger charge is -2.13. The number of nitro benzene ring substituents is 1. The SMILES string of the molecule is CCCCCC(=O)Nc1cc(OCC)c(OCC)cc1[N+](=O)[O-]. The van der Waals surface area contributed by atoms with E-state index in [4.69, 9.17) is 9.47 Å². The van der Waals surface area contributed by atoms with Crippen LogP contribution < -0.4 is 14.8 Å². The Morgan fingerprint density at radius 3 is 2.26 bits per heavy atom. The minimum absolute atomic E-state index is 0.128. The molecule has 7 heteroatoms. The van der Waals surface area contributed by atoms with E-state index in [0.29, 0.717) is 31.1 Å². The maximum absolute atomic E-state index is 11.9. The average Bonchev–Trinajstić information content (AvgIpc) is 2.50. The van der Waals surface area contributed by atoms with Crippen LogP contribution in [0.1, 0.15) is 46.5 Å². The third-order valence-electron chi connectivity index (χ3n) is 3.14. The number of carbonyl (C=O) groups is 1. The van der Waals surface area contributed by atoms with Crippen LogP contribution >= 0.6 is 0 Å². The first-order chi connectivity index (χ1) is 11.0. The summed E-state index contributed by atoms with van der Waals surface area (Å²) in [6.07, 6.45) is 3.04. The van der Waals surface area contributed by atoms with Gasteiger partial charge in [0.05, 0.1) is 24.2 Å². The van der Waals surface area contributed by atoms with Crippen LogP contribution in [0.2, 0.25) is 0 Å². The third-order valence-corrected chi connectivity index (χ3v) is 3.14. The van der Waals surface area contributed by atoms with Gasteiger partial charge < -0.3 is 14.8 Å². The fraction of sp³-hybridized carbons (Fsp3) is 0.562. The van der Waals surface area contributed by atoms with Crippen LogP contribution in [0.4, 0.5) is 11.4 Å². The number of nitrogens with zero attached hydrogens (tertiary/aromatic N) is 1. The van der Waals surface area contributed by atoms with Gasteiger partial charge in [0.1, 0.15) is 5.69 Å². The van der Waals surface area contributed by atoms with Crippen molar-refractivity contribution in [2.24, 2.45) is 0 Å². The number of hydrogen-bond acceptors (Lipinski definition) is 5. The molecule has 1 rings (SSSR count). The molecule has 7 nitrogen and oxygen atoms in total. The van der Waals surface area contributed by atoms with Gasteiger partial charge in [-0.15, -0.1) is 0 Å². The van der Waals surface area contributed by atoms with Crippen molar-refractivity contribution in [3.63, 3.8) is 0 Å². The first-order valence-corrected chi connectivity index (χ1v) is 7.91. The van der Waals surface area contributed by atoms with Gasteiger partial charge in [-0.1, -0.05) is 19.8 Å². The van der Waals surface area contributed by atoms with Crippen molar-refractivity contribution in [1.82, 2.24) is 0 Å². The summed E-state index contributed by atoms with van der Waals surface area (Å²) in [6, 6.07) is 2.74. The second-order valence-electron chi connectivity index (χ2n) is 4.94. The fourth-order valence-electron chi connectivity index (χ4n) is 2.09. The van der Waals surface area contributed by atoms with Crippen LogP contribution in [-0.2, 0) is 4.79 Å².